The Morgan fingerprint density at radius 2 is 1.95 bits per heavy atom. The Bertz CT molecular complexity index is 514. The number of esters is 1. The lowest BCUT2D eigenvalue weighted by atomic mass is 9.72. The van der Waals surface area contributed by atoms with Crippen molar-refractivity contribution in [2.45, 2.75) is 12.4 Å². The highest BCUT2D eigenvalue weighted by molar-refractivity contribution is 5.76. The molecule has 1 atom stereocenters. The lowest BCUT2D eigenvalue weighted by Gasteiger charge is -2.61. The largest absolute Gasteiger partial charge is 0.491 e. The van der Waals surface area contributed by atoms with Crippen LogP contribution in [0.5, 0.6) is 0 Å². The van der Waals surface area contributed by atoms with Crippen LogP contribution in [0.15, 0.2) is 30.3 Å². The number of ether oxygens (including phenoxy) is 1. The predicted octanol–water partition coefficient (Wildman–Crippen LogP) is 1.53. The van der Waals surface area contributed by atoms with Crippen molar-refractivity contribution >= 4 is 11.7 Å². The van der Waals surface area contributed by atoms with E-state index in [-0.39, 0.29) is 0 Å². The molecule has 0 saturated carbocycles. The van der Waals surface area contributed by atoms with Crippen molar-refractivity contribution in [1.29, 1.82) is 0 Å². The molecular weight excluding hydrogens is 273 g/mol. The van der Waals surface area contributed by atoms with E-state index in [2.05, 4.69) is 5.32 Å². The fraction of sp³-hybridized carbons (Fsp3) is 0.462. The molecule has 2 heterocycles. The molecule has 1 N–H and O–H groups in total. The maximum atomic E-state index is 12.4. The van der Waals surface area contributed by atoms with Crippen molar-refractivity contribution in [3.8, 4) is 0 Å². The second-order valence-electron chi connectivity index (χ2n) is 5.18. The maximum Gasteiger partial charge on any atom is 0.491 e. The number of anilines is 1. The maximum absolute atomic E-state index is 12.4. The normalized spacial score (nSPS) is 23.9. The van der Waals surface area contributed by atoms with Crippen LogP contribution in [0.4, 0.5) is 18.9 Å². The van der Waals surface area contributed by atoms with Crippen LogP contribution >= 0.6 is 0 Å². The van der Waals surface area contributed by atoms with Gasteiger partial charge in [-0.2, -0.15) is 13.2 Å². The third kappa shape index (κ3) is 2.02. The van der Waals surface area contributed by atoms with E-state index in [9.17, 15) is 18.0 Å². The molecule has 1 aromatic carbocycles. The minimum absolute atomic E-state index is 0.392. The van der Waals surface area contributed by atoms with E-state index >= 15 is 0 Å². The third-order valence-corrected chi connectivity index (χ3v) is 3.78. The van der Waals surface area contributed by atoms with Crippen molar-refractivity contribution in [2.75, 3.05) is 24.5 Å². The number of carbonyl (C=O) groups is 1. The van der Waals surface area contributed by atoms with E-state index in [0.29, 0.717) is 19.6 Å². The molecule has 3 rings (SSSR count). The number of carbonyl (C=O) groups excluding carboxylic acids is 1. The molecule has 0 aromatic heterocycles. The number of rotatable bonds is 2. The first kappa shape index (κ1) is 13.2. The predicted molar refractivity (Wildman–Crippen MR) is 65.0 cm³/mol. The molecule has 2 aliphatic rings. The van der Waals surface area contributed by atoms with Crippen LogP contribution in [0.1, 0.15) is 0 Å². The Labute approximate surface area is 113 Å². The summed E-state index contributed by atoms with van der Waals surface area (Å²) in [5.74, 6) is -2.13. The average Bonchev–Trinajstić information content (AvgIpc) is 2.33. The van der Waals surface area contributed by atoms with Gasteiger partial charge in [-0.1, -0.05) is 18.2 Å². The molecule has 2 saturated heterocycles. The van der Waals surface area contributed by atoms with Crippen LogP contribution in [0.2, 0.25) is 0 Å². The molecule has 0 bridgehead atoms. The summed E-state index contributed by atoms with van der Waals surface area (Å²) >= 11 is 0. The van der Waals surface area contributed by atoms with Gasteiger partial charge in [-0.25, -0.2) is 4.79 Å². The molecule has 0 amide bonds. The third-order valence-electron chi connectivity index (χ3n) is 3.78. The molecule has 1 aromatic rings. The van der Waals surface area contributed by atoms with Gasteiger partial charge in [0.2, 0.25) is 0 Å². The van der Waals surface area contributed by atoms with Gasteiger partial charge in [0.15, 0.2) is 6.23 Å². The highest BCUT2D eigenvalue weighted by Crippen LogP contribution is 2.45. The van der Waals surface area contributed by atoms with Gasteiger partial charge < -0.3 is 15.0 Å². The van der Waals surface area contributed by atoms with E-state index in [4.69, 9.17) is 4.74 Å². The number of nitrogens with zero attached hydrogens (tertiary/aromatic N) is 1. The van der Waals surface area contributed by atoms with Gasteiger partial charge in [-0.05, 0) is 12.1 Å². The van der Waals surface area contributed by atoms with E-state index < -0.39 is 23.8 Å². The summed E-state index contributed by atoms with van der Waals surface area (Å²) < 4.78 is 41.8. The fourth-order valence-electron chi connectivity index (χ4n) is 2.65. The van der Waals surface area contributed by atoms with Crippen molar-refractivity contribution < 1.29 is 22.7 Å². The zero-order chi connectivity index (χ0) is 14.4. The molecule has 2 aliphatic heterocycles. The molecule has 1 unspecified atom stereocenters. The van der Waals surface area contributed by atoms with Crippen LogP contribution in [0.25, 0.3) is 0 Å². The SMILES string of the molecule is O=C(OC1N(c2ccccc2)CC12CNC2)C(F)(F)F. The number of benzene rings is 1. The molecule has 20 heavy (non-hydrogen) atoms. The lowest BCUT2D eigenvalue weighted by molar-refractivity contribution is -0.219. The van der Waals surface area contributed by atoms with Gasteiger partial charge in [-0.3, -0.25) is 0 Å². The zero-order valence-corrected chi connectivity index (χ0v) is 10.5. The number of hydrogen-bond acceptors (Lipinski definition) is 4. The van der Waals surface area contributed by atoms with Crippen molar-refractivity contribution in [1.82, 2.24) is 5.32 Å². The second-order valence-corrected chi connectivity index (χ2v) is 5.18. The first-order valence-electron chi connectivity index (χ1n) is 6.23. The Balaban J connectivity index is 1.78. The van der Waals surface area contributed by atoms with Crippen LogP contribution < -0.4 is 10.2 Å². The standard InChI is InChI=1S/C13H13F3N2O2/c14-13(15,16)11(19)20-10-12(6-17-7-12)8-18(10)9-4-2-1-3-5-9/h1-5,10,17H,6-8H2. The van der Waals surface area contributed by atoms with Crippen LogP contribution in [0, 0.1) is 5.41 Å². The summed E-state index contributed by atoms with van der Waals surface area (Å²) in [6.07, 6.45) is -5.82. The zero-order valence-electron chi connectivity index (χ0n) is 10.5. The quantitative estimate of drug-likeness (QED) is 0.837. The van der Waals surface area contributed by atoms with E-state index in [1.807, 2.05) is 6.07 Å². The first-order valence-corrected chi connectivity index (χ1v) is 6.23. The van der Waals surface area contributed by atoms with Gasteiger partial charge in [0.05, 0.1) is 5.41 Å². The molecule has 4 nitrogen and oxygen atoms in total. The lowest BCUT2D eigenvalue weighted by Crippen LogP contribution is -2.78. The van der Waals surface area contributed by atoms with Gasteiger partial charge in [0.25, 0.3) is 0 Å². The van der Waals surface area contributed by atoms with E-state index in [1.54, 1.807) is 29.2 Å². The number of halogens is 3. The van der Waals surface area contributed by atoms with Crippen LogP contribution in [0.3, 0.4) is 0 Å². The topological polar surface area (TPSA) is 41.6 Å². The van der Waals surface area contributed by atoms with Crippen LogP contribution in [-0.4, -0.2) is 38.0 Å². The Morgan fingerprint density at radius 3 is 2.45 bits per heavy atom. The summed E-state index contributed by atoms with van der Waals surface area (Å²) in [6, 6.07) is 8.98. The van der Waals surface area contributed by atoms with E-state index in [0.717, 1.165) is 5.69 Å². The van der Waals surface area contributed by atoms with Gasteiger partial charge in [0, 0.05) is 25.3 Å². The summed E-state index contributed by atoms with van der Waals surface area (Å²) in [4.78, 5) is 12.8. The summed E-state index contributed by atoms with van der Waals surface area (Å²) in [6.45, 7) is 1.71. The monoisotopic (exact) mass is 286 g/mol. The second kappa shape index (κ2) is 4.37. The van der Waals surface area contributed by atoms with Crippen molar-refractivity contribution in [2.24, 2.45) is 5.41 Å². The highest BCUT2D eigenvalue weighted by atomic mass is 19.4. The molecule has 1 spiro atoms. The minimum Gasteiger partial charge on any atom is -0.434 e. The number of para-hydroxylation sites is 1. The Morgan fingerprint density at radius 1 is 1.30 bits per heavy atom. The Kier molecular flexibility index (Phi) is 2.89. The average molecular weight is 286 g/mol. The van der Waals surface area contributed by atoms with E-state index in [1.165, 1.54) is 0 Å². The Hall–Kier alpha value is -1.76. The summed E-state index contributed by atoms with van der Waals surface area (Å²) in [5.41, 5.74) is 0.363. The molecule has 0 aliphatic carbocycles. The summed E-state index contributed by atoms with van der Waals surface area (Å²) in [7, 11) is 0. The van der Waals surface area contributed by atoms with Crippen LogP contribution in [-0.2, 0) is 9.53 Å². The van der Waals surface area contributed by atoms with Gasteiger partial charge in [-0.15, -0.1) is 0 Å². The highest BCUT2D eigenvalue weighted by Gasteiger charge is 2.60. The van der Waals surface area contributed by atoms with Gasteiger partial charge in [0.1, 0.15) is 0 Å². The molecule has 0 radical (unpaired) electrons. The van der Waals surface area contributed by atoms with Crippen molar-refractivity contribution in [3.63, 3.8) is 0 Å². The summed E-state index contributed by atoms with van der Waals surface area (Å²) in [5, 5.41) is 3.02. The smallest absolute Gasteiger partial charge is 0.434 e. The first-order chi connectivity index (χ1) is 9.42. The number of nitrogens with one attached hydrogen (secondary N) is 1. The molecular formula is C13H13F3N2O2. The fourth-order valence-corrected chi connectivity index (χ4v) is 2.65. The minimum atomic E-state index is -4.96. The van der Waals surface area contributed by atoms with Gasteiger partial charge >= 0.3 is 12.1 Å². The molecule has 7 heteroatoms. The molecule has 108 valence electrons. The molecule has 2 fully saturated rings. The number of alkyl halides is 3. The number of hydrogen-bond donors (Lipinski definition) is 1. The van der Waals surface area contributed by atoms with Crippen molar-refractivity contribution in [3.05, 3.63) is 30.3 Å².